The van der Waals surface area contributed by atoms with Crippen molar-refractivity contribution in [3.63, 3.8) is 0 Å². The van der Waals surface area contributed by atoms with Crippen LogP contribution in [-0.2, 0) is 0 Å². The predicted octanol–water partition coefficient (Wildman–Crippen LogP) is 5.95. The Morgan fingerprint density at radius 2 is 1.35 bits per heavy atom. The predicted molar refractivity (Wildman–Crippen MR) is 76.2 cm³/mol. The summed E-state index contributed by atoms with van der Waals surface area (Å²) in [5.74, 6) is 3.35. The topological polar surface area (TPSA) is 0 Å². The number of unbranched alkanes of at least 4 members (excludes halogenated alkanes) is 2. The molecule has 100 valence electrons. The molecule has 2 saturated carbocycles. The molecule has 0 aromatic heterocycles. The highest BCUT2D eigenvalue weighted by atomic mass is 14.3. The van der Waals surface area contributed by atoms with Gasteiger partial charge in [0.2, 0.25) is 0 Å². The summed E-state index contributed by atoms with van der Waals surface area (Å²) in [6.07, 6.45) is 19.8. The summed E-state index contributed by atoms with van der Waals surface area (Å²) in [6, 6.07) is 0. The van der Waals surface area contributed by atoms with Crippen LogP contribution in [0.3, 0.4) is 0 Å². The minimum atomic E-state index is 1.10. The van der Waals surface area contributed by atoms with Gasteiger partial charge in [-0.1, -0.05) is 77.6 Å². The Bertz CT molecular complexity index is 182. The second-order valence-electron chi connectivity index (χ2n) is 6.67. The van der Waals surface area contributed by atoms with E-state index < -0.39 is 0 Å². The maximum Gasteiger partial charge on any atom is -0.0386 e. The molecule has 2 rings (SSSR count). The molecule has 0 atom stereocenters. The van der Waals surface area contributed by atoms with Crippen molar-refractivity contribution in [2.75, 3.05) is 0 Å². The first-order valence-electron chi connectivity index (χ1n) is 8.40. The van der Waals surface area contributed by atoms with E-state index >= 15 is 0 Å². The number of hydrogen-bond donors (Lipinski definition) is 0. The SMILES string of the molecule is CCCCCC1CCC(C2CCCCC2)CC1. The van der Waals surface area contributed by atoms with Crippen LogP contribution in [0.25, 0.3) is 0 Å². The third-order valence-electron chi connectivity index (χ3n) is 5.42. The Balaban J connectivity index is 1.63. The van der Waals surface area contributed by atoms with Crippen molar-refractivity contribution in [2.45, 2.75) is 90.4 Å². The summed E-state index contributed by atoms with van der Waals surface area (Å²) in [5, 5.41) is 0. The van der Waals surface area contributed by atoms with Crippen molar-refractivity contribution < 1.29 is 0 Å². The lowest BCUT2D eigenvalue weighted by molar-refractivity contribution is 0.162. The zero-order valence-corrected chi connectivity index (χ0v) is 11.9. The molecule has 0 heterocycles. The standard InChI is InChI=1S/C17H32/c1-2-3-5-8-15-11-13-17(14-12-15)16-9-6-4-7-10-16/h15-17H,2-14H2,1H3. The fourth-order valence-corrected chi connectivity index (χ4v) is 4.24. The lowest BCUT2D eigenvalue weighted by atomic mass is 9.70. The van der Waals surface area contributed by atoms with E-state index in [4.69, 9.17) is 0 Å². The number of rotatable bonds is 5. The quantitative estimate of drug-likeness (QED) is 0.517. The fourth-order valence-electron chi connectivity index (χ4n) is 4.24. The maximum absolute atomic E-state index is 2.32. The molecule has 2 aliphatic carbocycles. The Morgan fingerprint density at radius 1 is 0.706 bits per heavy atom. The van der Waals surface area contributed by atoms with Crippen molar-refractivity contribution in [1.82, 2.24) is 0 Å². The molecule has 0 aromatic carbocycles. The van der Waals surface area contributed by atoms with E-state index in [1.165, 1.54) is 44.9 Å². The molecule has 0 bridgehead atoms. The second kappa shape index (κ2) is 7.44. The normalized spacial score (nSPS) is 31.6. The molecule has 0 heteroatoms. The van der Waals surface area contributed by atoms with E-state index in [0.29, 0.717) is 0 Å². The largest absolute Gasteiger partial charge is 0.0654 e. The molecule has 0 saturated heterocycles. The minimum Gasteiger partial charge on any atom is -0.0654 e. The lowest BCUT2D eigenvalue weighted by Crippen LogP contribution is -2.23. The average Bonchev–Trinajstić information content (AvgIpc) is 2.41. The van der Waals surface area contributed by atoms with Gasteiger partial charge in [0.15, 0.2) is 0 Å². The highest BCUT2D eigenvalue weighted by molar-refractivity contribution is 4.79. The van der Waals surface area contributed by atoms with Gasteiger partial charge in [-0.15, -0.1) is 0 Å². The van der Waals surface area contributed by atoms with E-state index in [1.54, 1.807) is 38.5 Å². The summed E-state index contributed by atoms with van der Waals surface area (Å²) in [5.41, 5.74) is 0. The van der Waals surface area contributed by atoms with Gasteiger partial charge in [0, 0.05) is 0 Å². The summed E-state index contributed by atoms with van der Waals surface area (Å²) in [6.45, 7) is 2.32. The Kier molecular flexibility index (Phi) is 5.88. The first kappa shape index (κ1) is 13.4. The Morgan fingerprint density at radius 3 is 2.00 bits per heavy atom. The van der Waals surface area contributed by atoms with E-state index in [9.17, 15) is 0 Å². The van der Waals surface area contributed by atoms with E-state index in [1.807, 2.05) is 0 Å². The molecular formula is C17H32. The first-order valence-corrected chi connectivity index (χ1v) is 8.40. The Labute approximate surface area is 109 Å². The van der Waals surface area contributed by atoms with Gasteiger partial charge < -0.3 is 0 Å². The van der Waals surface area contributed by atoms with Crippen LogP contribution < -0.4 is 0 Å². The van der Waals surface area contributed by atoms with Crippen LogP contribution in [-0.4, -0.2) is 0 Å². The van der Waals surface area contributed by atoms with Crippen LogP contribution in [0.2, 0.25) is 0 Å². The molecule has 2 fully saturated rings. The third-order valence-corrected chi connectivity index (χ3v) is 5.42. The summed E-state index contributed by atoms with van der Waals surface area (Å²) >= 11 is 0. The zero-order valence-electron chi connectivity index (χ0n) is 11.9. The van der Waals surface area contributed by atoms with Gasteiger partial charge in [0.25, 0.3) is 0 Å². The second-order valence-corrected chi connectivity index (χ2v) is 6.67. The number of hydrogen-bond acceptors (Lipinski definition) is 0. The van der Waals surface area contributed by atoms with Crippen LogP contribution in [0.4, 0.5) is 0 Å². The van der Waals surface area contributed by atoms with Crippen LogP contribution in [0.1, 0.15) is 90.4 Å². The summed E-state index contributed by atoms with van der Waals surface area (Å²) in [7, 11) is 0. The highest BCUT2D eigenvalue weighted by Gasteiger charge is 2.28. The smallest absolute Gasteiger partial charge is 0.0386 e. The Hall–Kier alpha value is 0. The highest BCUT2D eigenvalue weighted by Crippen LogP contribution is 2.40. The van der Waals surface area contributed by atoms with Gasteiger partial charge in [0.1, 0.15) is 0 Å². The van der Waals surface area contributed by atoms with Crippen LogP contribution >= 0.6 is 0 Å². The van der Waals surface area contributed by atoms with Crippen LogP contribution in [0.5, 0.6) is 0 Å². The van der Waals surface area contributed by atoms with Crippen LogP contribution in [0.15, 0.2) is 0 Å². The molecule has 0 nitrogen and oxygen atoms in total. The van der Waals surface area contributed by atoms with Crippen molar-refractivity contribution in [3.8, 4) is 0 Å². The van der Waals surface area contributed by atoms with Crippen LogP contribution in [0, 0.1) is 17.8 Å². The van der Waals surface area contributed by atoms with Gasteiger partial charge in [-0.25, -0.2) is 0 Å². The average molecular weight is 236 g/mol. The fraction of sp³-hybridized carbons (Fsp3) is 1.00. The van der Waals surface area contributed by atoms with E-state index in [2.05, 4.69) is 6.92 Å². The van der Waals surface area contributed by atoms with Crippen molar-refractivity contribution in [3.05, 3.63) is 0 Å². The molecule has 0 amide bonds. The molecule has 17 heavy (non-hydrogen) atoms. The van der Waals surface area contributed by atoms with Gasteiger partial charge >= 0.3 is 0 Å². The van der Waals surface area contributed by atoms with Gasteiger partial charge in [-0.05, 0) is 30.6 Å². The van der Waals surface area contributed by atoms with Gasteiger partial charge in [-0.3, -0.25) is 0 Å². The minimum absolute atomic E-state index is 1.10. The molecule has 0 N–H and O–H groups in total. The maximum atomic E-state index is 2.32. The molecular weight excluding hydrogens is 204 g/mol. The van der Waals surface area contributed by atoms with Gasteiger partial charge in [0.05, 0.1) is 0 Å². The van der Waals surface area contributed by atoms with Crippen molar-refractivity contribution in [2.24, 2.45) is 17.8 Å². The van der Waals surface area contributed by atoms with Gasteiger partial charge in [-0.2, -0.15) is 0 Å². The van der Waals surface area contributed by atoms with Crippen molar-refractivity contribution in [1.29, 1.82) is 0 Å². The summed E-state index contributed by atoms with van der Waals surface area (Å²) in [4.78, 5) is 0. The first-order chi connectivity index (χ1) is 8.40. The molecule has 0 aromatic rings. The third kappa shape index (κ3) is 4.30. The molecule has 2 aliphatic rings. The zero-order chi connectivity index (χ0) is 11.9. The van der Waals surface area contributed by atoms with E-state index in [-0.39, 0.29) is 0 Å². The molecule has 0 spiro atoms. The summed E-state index contributed by atoms with van der Waals surface area (Å²) < 4.78 is 0. The molecule has 0 radical (unpaired) electrons. The van der Waals surface area contributed by atoms with Crippen molar-refractivity contribution >= 4 is 0 Å². The van der Waals surface area contributed by atoms with E-state index in [0.717, 1.165) is 17.8 Å². The molecule has 0 unspecified atom stereocenters. The lowest BCUT2D eigenvalue weighted by Gasteiger charge is -2.36. The monoisotopic (exact) mass is 236 g/mol. The molecule has 0 aliphatic heterocycles.